The van der Waals surface area contributed by atoms with Crippen LogP contribution in [0.3, 0.4) is 0 Å². The standard InChI is InChI=1S/C15H12N2O/c1-17-13-9-10-16-15(11-5-3-2-4-6-11)12(13)7-8-14(17)18/h2-10H,1H3. The van der Waals surface area contributed by atoms with E-state index < -0.39 is 0 Å². The van der Waals surface area contributed by atoms with Crippen molar-refractivity contribution in [2.24, 2.45) is 7.05 Å². The molecule has 0 spiro atoms. The van der Waals surface area contributed by atoms with Gasteiger partial charge in [-0.1, -0.05) is 30.3 Å². The lowest BCUT2D eigenvalue weighted by atomic mass is 10.1. The van der Waals surface area contributed by atoms with Crippen molar-refractivity contribution in [2.75, 3.05) is 0 Å². The predicted octanol–water partition coefficient (Wildman–Crippen LogP) is 2.60. The van der Waals surface area contributed by atoms with Gasteiger partial charge in [0.25, 0.3) is 5.56 Å². The van der Waals surface area contributed by atoms with Crippen molar-refractivity contribution in [3.05, 3.63) is 65.1 Å². The predicted molar refractivity (Wildman–Crippen MR) is 72.4 cm³/mol. The molecule has 0 aliphatic carbocycles. The minimum absolute atomic E-state index is 0.00675. The molecule has 3 aromatic rings. The van der Waals surface area contributed by atoms with E-state index in [-0.39, 0.29) is 5.56 Å². The van der Waals surface area contributed by atoms with Crippen LogP contribution in [0.4, 0.5) is 0 Å². The zero-order chi connectivity index (χ0) is 12.5. The topological polar surface area (TPSA) is 34.9 Å². The van der Waals surface area contributed by atoms with E-state index in [1.54, 1.807) is 23.9 Å². The molecule has 0 aliphatic heterocycles. The van der Waals surface area contributed by atoms with Crippen LogP contribution in [-0.2, 0) is 7.05 Å². The van der Waals surface area contributed by atoms with E-state index in [0.717, 1.165) is 22.2 Å². The number of aryl methyl sites for hydroxylation is 1. The Morgan fingerprint density at radius 2 is 1.78 bits per heavy atom. The number of rotatable bonds is 1. The first-order valence-corrected chi connectivity index (χ1v) is 5.77. The summed E-state index contributed by atoms with van der Waals surface area (Å²) in [7, 11) is 1.78. The molecule has 2 aromatic heterocycles. The van der Waals surface area contributed by atoms with Gasteiger partial charge in [0, 0.05) is 30.3 Å². The van der Waals surface area contributed by atoms with Gasteiger partial charge >= 0.3 is 0 Å². The minimum Gasteiger partial charge on any atom is -0.311 e. The molecule has 0 amide bonds. The second-order valence-corrected chi connectivity index (χ2v) is 4.19. The number of nitrogens with zero attached hydrogens (tertiary/aromatic N) is 2. The summed E-state index contributed by atoms with van der Waals surface area (Å²) in [6.07, 6.45) is 1.74. The van der Waals surface area contributed by atoms with Crippen molar-refractivity contribution in [3.63, 3.8) is 0 Å². The fraction of sp³-hybridized carbons (Fsp3) is 0.0667. The Bertz CT molecular complexity index is 760. The van der Waals surface area contributed by atoms with Crippen molar-refractivity contribution in [1.82, 2.24) is 9.55 Å². The van der Waals surface area contributed by atoms with Crippen LogP contribution in [-0.4, -0.2) is 9.55 Å². The maximum absolute atomic E-state index is 11.6. The largest absolute Gasteiger partial charge is 0.311 e. The molecule has 0 saturated heterocycles. The first kappa shape index (κ1) is 10.7. The second-order valence-electron chi connectivity index (χ2n) is 4.19. The van der Waals surface area contributed by atoms with E-state index in [1.165, 1.54) is 0 Å². The van der Waals surface area contributed by atoms with Gasteiger partial charge in [0.05, 0.1) is 11.2 Å². The molecule has 3 heteroatoms. The summed E-state index contributed by atoms with van der Waals surface area (Å²) in [5.74, 6) is 0. The highest BCUT2D eigenvalue weighted by Crippen LogP contribution is 2.24. The molecular weight excluding hydrogens is 224 g/mol. The fourth-order valence-electron chi connectivity index (χ4n) is 2.13. The molecule has 3 rings (SSSR count). The molecule has 0 N–H and O–H groups in total. The van der Waals surface area contributed by atoms with Gasteiger partial charge in [0.15, 0.2) is 0 Å². The summed E-state index contributed by atoms with van der Waals surface area (Å²) < 4.78 is 1.64. The third-order valence-corrected chi connectivity index (χ3v) is 3.10. The number of fused-ring (bicyclic) bond motifs is 1. The molecule has 0 saturated carbocycles. The lowest BCUT2D eigenvalue weighted by Gasteiger charge is -2.08. The Morgan fingerprint density at radius 1 is 1.00 bits per heavy atom. The molecule has 88 valence electrons. The molecule has 0 fully saturated rings. The van der Waals surface area contributed by atoms with Gasteiger partial charge in [-0.25, -0.2) is 0 Å². The number of aromatic nitrogens is 2. The number of hydrogen-bond donors (Lipinski definition) is 0. The Morgan fingerprint density at radius 3 is 2.56 bits per heavy atom. The van der Waals surface area contributed by atoms with Crippen molar-refractivity contribution in [3.8, 4) is 11.3 Å². The van der Waals surface area contributed by atoms with Gasteiger partial charge in [0.2, 0.25) is 0 Å². The van der Waals surface area contributed by atoms with Crippen molar-refractivity contribution >= 4 is 10.9 Å². The van der Waals surface area contributed by atoms with Crippen molar-refractivity contribution in [2.45, 2.75) is 0 Å². The molecule has 1 aromatic carbocycles. The maximum atomic E-state index is 11.6. The zero-order valence-electron chi connectivity index (χ0n) is 10.00. The quantitative estimate of drug-likeness (QED) is 0.651. The van der Waals surface area contributed by atoms with E-state index in [1.807, 2.05) is 42.5 Å². The molecule has 0 atom stereocenters. The lowest BCUT2D eigenvalue weighted by Crippen LogP contribution is -2.15. The summed E-state index contributed by atoms with van der Waals surface area (Å²) in [6.45, 7) is 0. The average Bonchev–Trinajstić information content (AvgIpc) is 2.43. The Kier molecular flexibility index (Phi) is 2.45. The molecule has 0 radical (unpaired) electrons. The molecule has 2 heterocycles. The summed E-state index contributed by atoms with van der Waals surface area (Å²) >= 11 is 0. The first-order chi connectivity index (χ1) is 8.77. The van der Waals surface area contributed by atoms with Crippen LogP contribution in [0, 0.1) is 0 Å². The fourth-order valence-corrected chi connectivity index (χ4v) is 2.13. The highest BCUT2D eigenvalue weighted by Gasteiger charge is 2.06. The third kappa shape index (κ3) is 1.61. The third-order valence-electron chi connectivity index (χ3n) is 3.10. The van der Waals surface area contributed by atoms with Gasteiger partial charge in [0.1, 0.15) is 0 Å². The zero-order valence-corrected chi connectivity index (χ0v) is 10.00. The normalized spacial score (nSPS) is 10.7. The van der Waals surface area contributed by atoms with E-state index in [2.05, 4.69) is 4.98 Å². The number of pyridine rings is 2. The summed E-state index contributed by atoms with van der Waals surface area (Å²) in [6, 6.07) is 15.3. The maximum Gasteiger partial charge on any atom is 0.250 e. The van der Waals surface area contributed by atoms with Crippen LogP contribution in [0.5, 0.6) is 0 Å². The summed E-state index contributed by atoms with van der Waals surface area (Å²) in [5, 5.41) is 0.991. The molecule has 0 unspecified atom stereocenters. The second kappa shape index (κ2) is 4.11. The van der Waals surface area contributed by atoms with E-state index >= 15 is 0 Å². The Hall–Kier alpha value is -2.42. The number of benzene rings is 1. The van der Waals surface area contributed by atoms with E-state index in [4.69, 9.17) is 0 Å². The van der Waals surface area contributed by atoms with E-state index in [9.17, 15) is 4.79 Å². The highest BCUT2D eigenvalue weighted by atomic mass is 16.1. The smallest absolute Gasteiger partial charge is 0.250 e. The van der Waals surface area contributed by atoms with Crippen molar-refractivity contribution < 1.29 is 0 Å². The average molecular weight is 236 g/mol. The van der Waals surface area contributed by atoms with Gasteiger partial charge in [-0.3, -0.25) is 9.78 Å². The minimum atomic E-state index is -0.00675. The lowest BCUT2D eigenvalue weighted by molar-refractivity contribution is 0.905. The Labute approximate surface area is 104 Å². The molecular formula is C15H12N2O. The molecule has 0 aliphatic rings. The van der Waals surface area contributed by atoms with E-state index in [0.29, 0.717) is 0 Å². The molecule has 18 heavy (non-hydrogen) atoms. The van der Waals surface area contributed by atoms with Gasteiger partial charge in [-0.15, -0.1) is 0 Å². The van der Waals surface area contributed by atoms with Crippen molar-refractivity contribution in [1.29, 1.82) is 0 Å². The molecule has 0 bridgehead atoms. The SMILES string of the molecule is Cn1c(=O)ccc2c(-c3ccccc3)nccc21. The summed E-state index contributed by atoms with van der Waals surface area (Å²) in [5.41, 5.74) is 2.86. The van der Waals surface area contributed by atoms with Gasteiger partial charge in [-0.2, -0.15) is 0 Å². The number of hydrogen-bond acceptors (Lipinski definition) is 2. The van der Waals surface area contributed by atoms with Crippen LogP contribution in [0.15, 0.2) is 59.5 Å². The first-order valence-electron chi connectivity index (χ1n) is 5.77. The van der Waals surface area contributed by atoms with Crippen LogP contribution in [0.2, 0.25) is 0 Å². The summed E-state index contributed by atoms with van der Waals surface area (Å²) in [4.78, 5) is 16.1. The van der Waals surface area contributed by atoms with Gasteiger partial charge in [-0.05, 0) is 12.1 Å². The van der Waals surface area contributed by atoms with Crippen LogP contribution >= 0.6 is 0 Å². The highest BCUT2D eigenvalue weighted by molar-refractivity contribution is 5.92. The van der Waals surface area contributed by atoms with Crippen LogP contribution in [0.25, 0.3) is 22.2 Å². The van der Waals surface area contributed by atoms with Crippen LogP contribution in [0.1, 0.15) is 0 Å². The molecule has 3 nitrogen and oxygen atoms in total. The van der Waals surface area contributed by atoms with Gasteiger partial charge < -0.3 is 4.57 Å². The van der Waals surface area contributed by atoms with Crippen LogP contribution < -0.4 is 5.56 Å². The Balaban J connectivity index is 2.39. The monoisotopic (exact) mass is 236 g/mol.